The minimum absolute atomic E-state index is 1.02. The van der Waals surface area contributed by atoms with Crippen molar-refractivity contribution in [1.29, 1.82) is 0 Å². The average molecular weight is 106 g/mol. The Kier molecular flexibility index (Phi) is 4.74. The van der Waals surface area contributed by atoms with Crippen LogP contribution in [0.15, 0.2) is 0 Å². The van der Waals surface area contributed by atoms with Gasteiger partial charge >= 0.3 is 0 Å². The predicted octanol–water partition coefficient (Wildman–Crippen LogP) is -2.35. The van der Waals surface area contributed by atoms with E-state index in [1.54, 1.807) is 0 Å². The summed E-state index contributed by atoms with van der Waals surface area (Å²) in [5, 5.41) is 0. The Hall–Kier alpha value is 0.394. The van der Waals surface area contributed by atoms with Crippen LogP contribution in [0.25, 0.3) is 0 Å². The van der Waals surface area contributed by atoms with Crippen molar-refractivity contribution in [3.63, 3.8) is 0 Å². The van der Waals surface area contributed by atoms with E-state index in [4.69, 9.17) is 4.74 Å². The van der Waals surface area contributed by atoms with Crippen LogP contribution in [-0.4, -0.2) is 32.9 Å². The molecule has 0 atom stereocenters. The van der Waals surface area contributed by atoms with Crippen LogP contribution in [-0.2, 0) is 4.74 Å². The fraction of sp³-hybridized carbons (Fsp3) is 1.00. The van der Waals surface area contributed by atoms with Gasteiger partial charge < -0.3 is 4.74 Å². The van der Waals surface area contributed by atoms with E-state index in [-0.39, 0.29) is 0 Å². The van der Waals surface area contributed by atoms with Crippen LogP contribution in [0.3, 0.4) is 0 Å². The van der Waals surface area contributed by atoms with E-state index >= 15 is 0 Å². The molecule has 0 aromatic carbocycles. The van der Waals surface area contributed by atoms with Gasteiger partial charge in [-0.2, -0.15) is 0 Å². The Morgan fingerprint density at radius 2 is 1.60 bits per heavy atom. The lowest BCUT2D eigenvalue weighted by Crippen LogP contribution is -1.93. The van der Waals surface area contributed by atoms with Gasteiger partial charge in [0.25, 0.3) is 0 Å². The molecule has 0 spiro atoms. The summed E-state index contributed by atoms with van der Waals surface area (Å²) in [6, 6.07) is 0. The van der Waals surface area contributed by atoms with Gasteiger partial charge in [-0.1, -0.05) is 0 Å². The largest absolute Gasteiger partial charge is 0.390 e. The Labute approximate surface area is 38.6 Å². The van der Waals surface area contributed by atoms with Crippen molar-refractivity contribution in [1.82, 2.24) is 0 Å². The van der Waals surface area contributed by atoms with Crippen molar-refractivity contribution in [2.45, 2.75) is 0 Å². The van der Waals surface area contributed by atoms with Crippen LogP contribution in [0, 0.1) is 0 Å². The molecule has 0 radical (unpaired) electrons. The molecule has 0 rings (SSSR count). The standard InChI is InChI=1S/C2H10OSi2/c4-1-3-2-5/h1-2H2,4-5H3. The Morgan fingerprint density at radius 1 is 1.20 bits per heavy atom. The lowest BCUT2D eigenvalue weighted by molar-refractivity contribution is 0.231. The second-order valence-electron chi connectivity index (χ2n) is 0.781. The first-order valence-electron chi connectivity index (χ1n) is 1.99. The maximum Gasteiger partial charge on any atom is 0.0352 e. The summed E-state index contributed by atoms with van der Waals surface area (Å²) in [6.07, 6.45) is 2.03. The van der Waals surface area contributed by atoms with Crippen molar-refractivity contribution in [2.24, 2.45) is 0 Å². The molecule has 0 aliphatic rings. The maximum atomic E-state index is 4.96. The first kappa shape index (κ1) is 5.39. The molecule has 0 bridgehead atoms. The lowest BCUT2D eigenvalue weighted by Gasteiger charge is -1.86. The van der Waals surface area contributed by atoms with Crippen LogP contribution in [0.1, 0.15) is 0 Å². The normalized spacial score (nSPS) is 9.60. The van der Waals surface area contributed by atoms with Gasteiger partial charge in [0.15, 0.2) is 0 Å². The summed E-state index contributed by atoms with van der Waals surface area (Å²) in [6.45, 7) is 0. The first-order valence-corrected chi connectivity index (χ1v) is 4.82. The molecule has 0 aliphatic heterocycles. The van der Waals surface area contributed by atoms with Gasteiger partial charge in [0.05, 0.1) is 0 Å². The summed E-state index contributed by atoms with van der Waals surface area (Å²) in [4.78, 5) is 0. The molecular formula is C2H10OSi2. The molecule has 1 nitrogen and oxygen atoms in total. The van der Waals surface area contributed by atoms with Gasteiger partial charge in [-0.3, -0.25) is 0 Å². The topological polar surface area (TPSA) is 9.23 Å². The second kappa shape index (κ2) is 4.39. The van der Waals surface area contributed by atoms with Crippen molar-refractivity contribution in [2.75, 3.05) is 12.5 Å². The molecule has 0 unspecified atom stereocenters. The van der Waals surface area contributed by atoms with E-state index in [1.165, 1.54) is 20.5 Å². The highest BCUT2D eigenvalue weighted by atomic mass is 28.1. The van der Waals surface area contributed by atoms with Gasteiger partial charge in [-0.25, -0.2) is 0 Å². The summed E-state index contributed by atoms with van der Waals surface area (Å²) in [7, 11) is 2.40. The van der Waals surface area contributed by atoms with Gasteiger partial charge in [0, 0.05) is 32.9 Å². The molecular weight excluding hydrogens is 96.2 g/mol. The minimum atomic E-state index is 1.02. The third-order valence-corrected chi connectivity index (χ3v) is 1.22. The highest BCUT2D eigenvalue weighted by Crippen LogP contribution is 1.55. The molecule has 3 heteroatoms. The van der Waals surface area contributed by atoms with Gasteiger partial charge in [0.2, 0.25) is 0 Å². The molecule has 0 aromatic heterocycles. The average Bonchev–Trinajstić information content (AvgIpc) is 1.41. The van der Waals surface area contributed by atoms with Crippen molar-refractivity contribution in [3.8, 4) is 0 Å². The van der Waals surface area contributed by atoms with Crippen LogP contribution in [0.2, 0.25) is 0 Å². The quantitative estimate of drug-likeness (QED) is 0.358. The molecule has 0 aromatic rings. The fourth-order valence-electron chi connectivity index (χ4n) is 0.204. The van der Waals surface area contributed by atoms with Crippen LogP contribution in [0.5, 0.6) is 0 Å². The molecule has 0 amide bonds. The molecule has 0 heterocycles. The Balaban J connectivity index is 2.19. The molecule has 5 heavy (non-hydrogen) atoms. The molecule has 0 aliphatic carbocycles. The zero-order valence-electron chi connectivity index (χ0n) is 3.82. The zero-order valence-corrected chi connectivity index (χ0v) is 7.82. The number of rotatable bonds is 2. The van der Waals surface area contributed by atoms with Crippen LogP contribution >= 0.6 is 0 Å². The van der Waals surface area contributed by atoms with Crippen molar-refractivity contribution in [3.05, 3.63) is 0 Å². The number of hydrogen-bond acceptors (Lipinski definition) is 1. The van der Waals surface area contributed by atoms with Gasteiger partial charge in [-0.05, 0) is 0 Å². The second-order valence-corrected chi connectivity index (χ2v) is 1.94. The summed E-state index contributed by atoms with van der Waals surface area (Å²) < 4.78 is 4.96. The summed E-state index contributed by atoms with van der Waals surface area (Å²) in [5.74, 6) is 0. The molecule has 0 fully saturated rings. The van der Waals surface area contributed by atoms with E-state index in [1.807, 2.05) is 0 Å². The van der Waals surface area contributed by atoms with E-state index in [2.05, 4.69) is 0 Å². The van der Waals surface area contributed by atoms with E-state index in [0.29, 0.717) is 0 Å². The maximum absolute atomic E-state index is 4.96. The highest BCUT2D eigenvalue weighted by molar-refractivity contribution is 6.10. The van der Waals surface area contributed by atoms with Gasteiger partial charge in [0.1, 0.15) is 0 Å². The van der Waals surface area contributed by atoms with Crippen molar-refractivity contribution >= 4 is 20.5 Å². The summed E-state index contributed by atoms with van der Waals surface area (Å²) in [5.41, 5.74) is 0. The van der Waals surface area contributed by atoms with Crippen LogP contribution in [0.4, 0.5) is 0 Å². The smallest absolute Gasteiger partial charge is 0.0352 e. The molecule has 32 valence electrons. The fourth-order valence-corrected chi connectivity index (χ4v) is 1.84. The summed E-state index contributed by atoms with van der Waals surface area (Å²) >= 11 is 0. The number of ether oxygens (including phenoxy) is 1. The highest BCUT2D eigenvalue weighted by Gasteiger charge is 1.64. The molecule has 0 saturated carbocycles. The molecule has 0 N–H and O–H groups in total. The predicted molar refractivity (Wildman–Crippen MR) is 30.7 cm³/mol. The Bertz CT molecular complexity index is 15.1. The van der Waals surface area contributed by atoms with Crippen LogP contribution < -0.4 is 0 Å². The minimum Gasteiger partial charge on any atom is -0.390 e. The zero-order chi connectivity index (χ0) is 4.12. The Morgan fingerprint density at radius 3 is 1.60 bits per heavy atom. The SMILES string of the molecule is [SiH3]COC[SiH3]. The van der Waals surface area contributed by atoms with Gasteiger partial charge in [-0.15, -0.1) is 0 Å². The van der Waals surface area contributed by atoms with E-state index < -0.39 is 0 Å². The third kappa shape index (κ3) is 4.39. The first-order chi connectivity index (χ1) is 2.41. The lowest BCUT2D eigenvalue weighted by atomic mass is 11.5. The monoisotopic (exact) mass is 106 g/mol. The van der Waals surface area contributed by atoms with Crippen molar-refractivity contribution < 1.29 is 4.74 Å². The molecule has 0 saturated heterocycles. The third-order valence-electron chi connectivity index (χ3n) is 0.408. The van der Waals surface area contributed by atoms with E-state index in [0.717, 1.165) is 12.5 Å². The van der Waals surface area contributed by atoms with E-state index in [9.17, 15) is 0 Å². The number of hydrogen-bond donors (Lipinski definition) is 0.